The number of carbonyl (C=O) groups is 3. The van der Waals surface area contributed by atoms with E-state index < -0.39 is 11.9 Å². The summed E-state index contributed by atoms with van der Waals surface area (Å²) in [5, 5.41) is 0.516. The number of esters is 1. The Morgan fingerprint density at radius 3 is 2.08 bits per heavy atom. The van der Waals surface area contributed by atoms with Crippen LogP contribution in [0.2, 0.25) is 5.02 Å². The lowest BCUT2D eigenvalue weighted by atomic mass is 9.87. The fraction of sp³-hybridized carbons (Fsp3) is 0.276. The first kappa shape index (κ1) is 25.5. The van der Waals surface area contributed by atoms with Crippen LogP contribution in [-0.4, -0.2) is 30.8 Å². The molecule has 1 aliphatic rings. The van der Waals surface area contributed by atoms with Crippen LogP contribution in [0.4, 0.5) is 5.69 Å². The monoisotopic (exact) mass is 505 g/mol. The molecule has 1 saturated heterocycles. The zero-order valence-electron chi connectivity index (χ0n) is 20.5. The van der Waals surface area contributed by atoms with Gasteiger partial charge >= 0.3 is 5.97 Å². The molecule has 0 unspecified atom stereocenters. The van der Waals surface area contributed by atoms with Crippen LogP contribution in [0, 0.1) is 5.92 Å². The molecule has 1 fully saturated rings. The highest BCUT2D eigenvalue weighted by atomic mass is 35.5. The lowest BCUT2D eigenvalue weighted by molar-refractivity contribution is -0.147. The van der Waals surface area contributed by atoms with Crippen molar-refractivity contribution in [2.24, 2.45) is 5.92 Å². The highest BCUT2D eigenvalue weighted by molar-refractivity contribution is 6.30. The van der Waals surface area contributed by atoms with Gasteiger partial charge in [0.05, 0.1) is 5.92 Å². The number of carbonyl (C=O) groups excluding carboxylic acids is 3. The first-order chi connectivity index (χ1) is 17.1. The third-order valence-corrected chi connectivity index (χ3v) is 6.33. The molecule has 7 heteroatoms. The Balaban J connectivity index is 1.32. The molecule has 1 heterocycles. The number of ketones is 1. The predicted molar refractivity (Wildman–Crippen MR) is 139 cm³/mol. The largest absolute Gasteiger partial charge is 0.457 e. The van der Waals surface area contributed by atoms with Gasteiger partial charge in [-0.25, -0.2) is 0 Å². The lowest BCUT2D eigenvalue weighted by Crippen LogP contribution is -2.27. The average molecular weight is 506 g/mol. The molecule has 0 saturated carbocycles. The molecule has 0 spiro atoms. The van der Waals surface area contributed by atoms with Gasteiger partial charge in [-0.2, -0.15) is 0 Å². The molecule has 36 heavy (non-hydrogen) atoms. The number of nitrogens with zero attached hydrogens (tertiary/aromatic N) is 1. The second kappa shape index (κ2) is 10.5. The van der Waals surface area contributed by atoms with Crippen LogP contribution in [0.5, 0.6) is 11.5 Å². The molecular formula is C29H28ClNO5. The molecule has 1 aliphatic heterocycles. The van der Waals surface area contributed by atoms with Gasteiger partial charge in [0.2, 0.25) is 5.91 Å². The van der Waals surface area contributed by atoms with E-state index in [0.717, 1.165) is 5.75 Å². The van der Waals surface area contributed by atoms with E-state index in [4.69, 9.17) is 21.1 Å². The van der Waals surface area contributed by atoms with Crippen LogP contribution in [0.1, 0.15) is 43.1 Å². The minimum Gasteiger partial charge on any atom is -0.457 e. The minimum atomic E-state index is -0.632. The summed E-state index contributed by atoms with van der Waals surface area (Å²) in [6, 6.07) is 21.5. The van der Waals surface area contributed by atoms with Gasteiger partial charge in [-0.3, -0.25) is 14.4 Å². The Bertz CT molecular complexity index is 1240. The number of halogens is 1. The molecule has 0 radical (unpaired) electrons. The molecule has 0 aliphatic carbocycles. The van der Waals surface area contributed by atoms with Crippen molar-refractivity contribution >= 4 is 34.9 Å². The topological polar surface area (TPSA) is 72.9 Å². The standard InChI is InChI=1S/C29H28ClNO5/c1-29(2,3)21-6-12-24(13-7-21)36-25-14-10-23(11-15-25)31-17-20(16-27(31)33)28(34)35-18-26(32)19-4-8-22(30)9-5-19/h4-15,20H,16-18H2,1-3H3/t20-/m1/s1. The number of Topliss-reactive ketones (excluding diaryl/α,β-unsaturated/α-hetero) is 1. The van der Waals surface area contributed by atoms with E-state index in [9.17, 15) is 14.4 Å². The molecule has 186 valence electrons. The Hall–Kier alpha value is -3.64. The second-order valence-corrected chi connectivity index (χ2v) is 10.2. The van der Waals surface area contributed by atoms with Crippen molar-refractivity contribution in [3.63, 3.8) is 0 Å². The minimum absolute atomic E-state index is 0.0341. The van der Waals surface area contributed by atoms with Crippen molar-refractivity contribution < 1.29 is 23.9 Å². The molecule has 1 atom stereocenters. The van der Waals surface area contributed by atoms with Gasteiger partial charge in [0.25, 0.3) is 0 Å². The summed E-state index contributed by atoms with van der Waals surface area (Å²) in [4.78, 5) is 38.9. The first-order valence-corrected chi connectivity index (χ1v) is 12.1. The molecule has 6 nitrogen and oxygen atoms in total. The number of hydrogen-bond donors (Lipinski definition) is 0. The number of hydrogen-bond acceptors (Lipinski definition) is 5. The second-order valence-electron chi connectivity index (χ2n) is 9.81. The van der Waals surface area contributed by atoms with Gasteiger partial charge in [-0.1, -0.05) is 44.5 Å². The lowest BCUT2D eigenvalue weighted by Gasteiger charge is -2.19. The van der Waals surface area contributed by atoms with Crippen LogP contribution in [-0.2, 0) is 19.7 Å². The van der Waals surface area contributed by atoms with E-state index in [-0.39, 0.29) is 36.7 Å². The predicted octanol–water partition coefficient (Wildman–Crippen LogP) is 6.21. The third kappa shape index (κ3) is 6.13. The van der Waals surface area contributed by atoms with E-state index >= 15 is 0 Å². The molecular weight excluding hydrogens is 478 g/mol. The Morgan fingerprint density at radius 2 is 1.50 bits per heavy atom. The van der Waals surface area contributed by atoms with E-state index in [0.29, 0.717) is 22.0 Å². The summed E-state index contributed by atoms with van der Waals surface area (Å²) in [6.45, 7) is 6.29. The van der Waals surface area contributed by atoms with Gasteiger partial charge in [0, 0.05) is 29.2 Å². The third-order valence-electron chi connectivity index (χ3n) is 6.07. The fourth-order valence-corrected chi connectivity index (χ4v) is 4.07. The number of benzene rings is 3. The molecule has 3 aromatic rings. The average Bonchev–Trinajstić information content (AvgIpc) is 3.24. The number of amides is 1. The fourth-order valence-electron chi connectivity index (χ4n) is 3.94. The maximum Gasteiger partial charge on any atom is 0.311 e. The number of rotatable bonds is 7. The van der Waals surface area contributed by atoms with Gasteiger partial charge in [-0.05, 0) is 71.6 Å². The van der Waals surface area contributed by atoms with Crippen molar-refractivity contribution in [2.75, 3.05) is 18.1 Å². The van der Waals surface area contributed by atoms with E-state index in [2.05, 4.69) is 32.9 Å². The summed E-state index contributed by atoms with van der Waals surface area (Å²) in [5.41, 5.74) is 2.37. The number of ether oxygens (including phenoxy) is 2. The van der Waals surface area contributed by atoms with Crippen molar-refractivity contribution in [3.8, 4) is 11.5 Å². The van der Waals surface area contributed by atoms with Crippen molar-refractivity contribution in [1.29, 1.82) is 0 Å². The Kier molecular flexibility index (Phi) is 7.45. The van der Waals surface area contributed by atoms with Crippen LogP contribution in [0.3, 0.4) is 0 Å². The van der Waals surface area contributed by atoms with E-state index in [1.165, 1.54) is 5.56 Å². The molecule has 1 amide bonds. The van der Waals surface area contributed by atoms with Gasteiger partial charge in [-0.15, -0.1) is 0 Å². The van der Waals surface area contributed by atoms with Crippen LogP contribution in [0.25, 0.3) is 0 Å². The van der Waals surface area contributed by atoms with Crippen molar-refractivity contribution in [1.82, 2.24) is 0 Å². The van der Waals surface area contributed by atoms with Gasteiger partial charge in [0.1, 0.15) is 11.5 Å². The SMILES string of the molecule is CC(C)(C)c1ccc(Oc2ccc(N3C[C@H](C(=O)OCC(=O)c4ccc(Cl)cc4)CC3=O)cc2)cc1. The van der Waals surface area contributed by atoms with Crippen molar-refractivity contribution in [3.05, 3.63) is 88.9 Å². The Labute approximate surface area is 215 Å². The molecule has 0 aromatic heterocycles. The highest BCUT2D eigenvalue weighted by Crippen LogP contribution is 2.30. The highest BCUT2D eigenvalue weighted by Gasteiger charge is 2.36. The summed E-state index contributed by atoms with van der Waals surface area (Å²) >= 11 is 5.83. The van der Waals surface area contributed by atoms with Crippen molar-refractivity contribution in [2.45, 2.75) is 32.6 Å². The molecule has 3 aromatic carbocycles. The normalized spacial score (nSPS) is 15.6. The zero-order chi connectivity index (χ0) is 25.9. The molecule has 4 rings (SSSR count). The van der Waals surface area contributed by atoms with Crippen LogP contribution >= 0.6 is 11.6 Å². The maximum absolute atomic E-state index is 12.6. The summed E-state index contributed by atoms with van der Waals surface area (Å²) in [5.74, 6) is -0.327. The van der Waals surface area contributed by atoms with Crippen LogP contribution < -0.4 is 9.64 Å². The first-order valence-electron chi connectivity index (χ1n) is 11.7. The number of anilines is 1. The van der Waals surface area contributed by atoms with E-state index in [1.807, 2.05) is 12.1 Å². The zero-order valence-corrected chi connectivity index (χ0v) is 21.2. The summed E-state index contributed by atoms with van der Waals surface area (Å²) in [6.07, 6.45) is 0.0341. The Morgan fingerprint density at radius 1 is 0.917 bits per heavy atom. The molecule has 0 N–H and O–H groups in total. The summed E-state index contributed by atoms with van der Waals surface area (Å²) < 4.78 is 11.1. The smallest absolute Gasteiger partial charge is 0.311 e. The molecule has 0 bridgehead atoms. The maximum atomic E-state index is 12.6. The van der Waals surface area contributed by atoms with Crippen LogP contribution in [0.15, 0.2) is 72.8 Å². The quantitative estimate of drug-likeness (QED) is 0.282. The van der Waals surface area contributed by atoms with E-state index in [1.54, 1.807) is 53.4 Å². The van der Waals surface area contributed by atoms with Gasteiger partial charge < -0.3 is 14.4 Å². The van der Waals surface area contributed by atoms with Gasteiger partial charge in [0.15, 0.2) is 12.4 Å². The summed E-state index contributed by atoms with van der Waals surface area (Å²) in [7, 11) is 0.